The number of carbonyl (C=O) groups is 1. The van der Waals surface area contributed by atoms with Crippen LogP contribution in [-0.2, 0) is 4.74 Å². The third kappa shape index (κ3) is 6.26. The molecule has 5 heteroatoms. The zero-order valence-electron chi connectivity index (χ0n) is 15.6. The van der Waals surface area contributed by atoms with Crippen molar-refractivity contribution < 1.29 is 19.0 Å². The minimum Gasteiger partial charge on any atom is -0.485 e. The molecular formula is C21H25ClO4. The summed E-state index contributed by atoms with van der Waals surface area (Å²) in [7, 11) is 0. The average Bonchev–Trinajstić information content (AvgIpc) is 2.55. The Morgan fingerprint density at radius 3 is 2.38 bits per heavy atom. The number of hydrogen-bond donors (Lipinski definition) is 0. The molecule has 2 rings (SSSR count). The summed E-state index contributed by atoms with van der Waals surface area (Å²) in [6, 6.07) is 15.2. The van der Waals surface area contributed by atoms with Gasteiger partial charge in [0.1, 0.15) is 23.2 Å². The third-order valence-electron chi connectivity index (χ3n) is 3.55. The van der Waals surface area contributed by atoms with Crippen LogP contribution in [-0.4, -0.2) is 17.6 Å². The summed E-state index contributed by atoms with van der Waals surface area (Å²) in [5.74, 6) is 1.64. The van der Waals surface area contributed by atoms with Gasteiger partial charge in [0.15, 0.2) is 0 Å². The van der Waals surface area contributed by atoms with Crippen molar-refractivity contribution in [2.75, 3.05) is 5.88 Å². The fourth-order valence-corrected chi connectivity index (χ4v) is 2.60. The zero-order chi connectivity index (χ0) is 19.2. The molecule has 0 aromatic heterocycles. The van der Waals surface area contributed by atoms with Gasteiger partial charge in [0.25, 0.3) is 0 Å². The molecule has 26 heavy (non-hydrogen) atoms. The van der Waals surface area contributed by atoms with Crippen molar-refractivity contribution in [3.05, 3.63) is 59.7 Å². The molecule has 2 aromatic carbocycles. The summed E-state index contributed by atoms with van der Waals surface area (Å²) in [6.07, 6.45) is -0.166. The van der Waals surface area contributed by atoms with E-state index in [0.717, 1.165) is 16.9 Å². The largest absolute Gasteiger partial charge is 0.514 e. The first-order valence-corrected chi connectivity index (χ1v) is 9.11. The van der Waals surface area contributed by atoms with Gasteiger partial charge >= 0.3 is 6.16 Å². The standard InChI is InChI=1S/C21H25ClO4/c1-15-14-17(24-20(23)26-21(2,3)4)10-11-18(15)25-19(12-13-22)16-8-6-5-7-9-16/h5-11,14,19H,12-13H2,1-4H3. The lowest BCUT2D eigenvalue weighted by Crippen LogP contribution is -2.26. The van der Waals surface area contributed by atoms with Crippen LogP contribution in [0.3, 0.4) is 0 Å². The van der Waals surface area contributed by atoms with E-state index in [-0.39, 0.29) is 6.10 Å². The van der Waals surface area contributed by atoms with Gasteiger partial charge in [-0.15, -0.1) is 11.6 Å². The lowest BCUT2D eigenvalue weighted by Gasteiger charge is -2.21. The van der Waals surface area contributed by atoms with E-state index in [1.54, 1.807) is 39.0 Å². The highest BCUT2D eigenvalue weighted by Crippen LogP contribution is 2.30. The van der Waals surface area contributed by atoms with Crippen LogP contribution in [0, 0.1) is 6.92 Å². The number of carbonyl (C=O) groups excluding carboxylic acids is 1. The summed E-state index contributed by atoms with van der Waals surface area (Å²) in [6.45, 7) is 7.27. The number of rotatable bonds is 6. The SMILES string of the molecule is Cc1cc(OC(=O)OC(C)(C)C)ccc1OC(CCCl)c1ccccc1. The average molecular weight is 377 g/mol. The first kappa shape index (κ1) is 20.1. The van der Waals surface area contributed by atoms with E-state index in [1.165, 1.54) is 0 Å². The molecule has 0 N–H and O–H groups in total. The highest BCUT2D eigenvalue weighted by molar-refractivity contribution is 6.17. The van der Waals surface area contributed by atoms with Crippen molar-refractivity contribution >= 4 is 17.8 Å². The Kier molecular flexibility index (Phi) is 6.92. The number of halogens is 1. The predicted molar refractivity (Wildman–Crippen MR) is 103 cm³/mol. The van der Waals surface area contributed by atoms with Gasteiger partial charge in [-0.1, -0.05) is 30.3 Å². The van der Waals surface area contributed by atoms with E-state index >= 15 is 0 Å². The second-order valence-corrected chi connectivity index (χ2v) is 7.37. The smallest absolute Gasteiger partial charge is 0.485 e. The normalized spacial score (nSPS) is 12.3. The highest BCUT2D eigenvalue weighted by Gasteiger charge is 2.19. The van der Waals surface area contributed by atoms with E-state index < -0.39 is 11.8 Å². The van der Waals surface area contributed by atoms with E-state index in [9.17, 15) is 4.79 Å². The van der Waals surface area contributed by atoms with E-state index in [4.69, 9.17) is 25.8 Å². The Balaban J connectivity index is 2.09. The Hall–Kier alpha value is -2.20. The van der Waals surface area contributed by atoms with E-state index in [2.05, 4.69) is 0 Å². The van der Waals surface area contributed by atoms with Crippen LogP contribution in [0.25, 0.3) is 0 Å². The van der Waals surface area contributed by atoms with Crippen LogP contribution in [0.1, 0.15) is 44.4 Å². The van der Waals surface area contributed by atoms with Gasteiger partial charge in [-0.2, -0.15) is 0 Å². The van der Waals surface area contributed by atoms with Gasteiger partial charge in [-0.3, -0.25) is 0 Å². The molecule has 0 aliphatic rings. The van der Waals surface area contributed by atoms with E-state index in [0.29, 0.717) is 18.1 Å². The molecule has 0 bridgehead atoms. The summed E-state index contributed by atoms with van der Waals surface area (Å²) >= 11 is 5.94. The summed E-state index contributed by atoms with van der Waals surface area (Å²) in [4.78, 5) is 11.8. The second-order valence-electron chi connectivity index (χ2n) is 6.99. The molecule has 0 radical (unpaired) electrons. The molecule has 0 heterocycles. The maximum absolute atomic E-state index is 11.8. The molecule has 0 aliphatic heterocycles. The van der Waals surface area contributed by atoms with Crippen molar-refractivity contribution in [1.29, 1.82) is 0 Å². The number of ether oxygens (including phenoxy) is 3. The van der Waals surface area contributed by atoms with Gasteiger partial charge in [0.05, 0.1) is 0 Å². The van der Waals surface area contributed by atoms with Gasteiger partial charge in [-0.25, -0.2) is 4.79 Å². The number of hydrogen-bond acceptors (Lipinski definition) is 4. The Morgan fingerprint density at radius 1 is 1.12 bits per heavy atom. The Labute approximate surface area is 160 Å². The maximum Gasteiger partial charge on any atom is 0.514 e. The van der Waals surface area contributed by atoms with Crippen LogP contribution >= 0.6 is 11.6 Å². The quantitative estimate of drug-likeness (QED) is 0.349. The van der Waals surface area contributed by atoms with Crippen LogP contribution in [0.15, 0.2) is 48.5 Å². The molecule has 1 unspecified atom stereocenters. The first-order valence-electron chi connectivity index (χ1n) is 8.57. The molecule has 140 valence electrons. The molecule has 0 spiro atoms. The fraction of sp³-hybridized carbons (Fsp3) is 0.381. The fourth-order valence-electron chi connectivity index (χ4n) is 2.40. The second kappa shape index (κ2) is 8.95. The molecule has 0 saturated carbocycles. The first-order chi connectivity index (χ1) is 12.3. The van der Waals surface area contributed by atoms with Crippen LogP contribution in [0.2, 0.25) is 0 Å². The lowest BCUT2D eigenvalue weighted by molar-refractivity contribution is 0.0206. The monoisotopic (exact) mass is 376 g/mol. The Morgan fingerprint density at radius 2 is 1.81 bits per heavy atom. The van der Waals surface area contributed by atoms with Gasteiger partial charge < -0.3 is 14.2 Å². The molecule has 2 aromatic rings. The van der Waals surface area contributed by atoms with Crippen LogP contribution < -0.4 is 9.47 Å². The van der Waals surface area contributed by atoms with E-state index in [1.807, 2.05) is 37.3 Å². The number of alkyl halides is 1. The number of aryl methyl sites for hydroxylation is 1. The maximum atomic E-state index is 11.8. The molecular weight excluding hydrogens is 352 g/mol. The van der Waals surface area contributed by atoms with Crippen LogP contribution in [0.5, 0.6) is 11.5 Å². The topological polar surface area (TPSA) is 44.8 Å². The van der Waals surface area contributed by atoms with Crippen molar-refractivity contribution in [3.8, 4) is 11.5 Å². The molecule has 0 aliphatic carbocycles. The van der Waals surface area contributed by atoms with Crippen molar-refractivity contribution in [1.82, 2.24) is 0 Å². The van der Waals surface area contributed by atoms with Gasteiger partial charge in [0.2, 0.25) is 0 Å². The highest BCUT2D eigenvalue weighted by atomic mass is 35.5. The summed E-state index contributed by atoms with van der Waals surface area (Å²) in [5.41, 5.74) is 1.34. The minimum atomic E-state index is -0.727. The summed E-state index contributed by atoms with van der Waals surface area (Å²) < 4.78 is 16.5. The minimum absolute atomic E-state index is 0.134. The lowest BCUT2D eigenvalue weighted by atomic mass is 10.1. The molecule has 0 saturated heterocycles. The zero-order valence-corrected chi connectivity index (χ0v) is 16.4. The van der Waals surface area contributed by atoms with Crippen LogP contribution in [0.4, 0.5) is 4.79 Å². The molecule has 1 atom stereocenters. The Bertz CT molecular complexity index is 723. The van der Waals surface area contributed by atoms with Crippen molar-refractivity contribution in [3.63, 3.8) is 0 Å². The third-order valence-corrected chi connectivity index (χ3v) is 3.77. The van der Waals surface area contributed by atoms with Crippen molar-refractivity contribution in [2.24, 2.45) is 0 Å². The molecule has 4 nitrogen and oxygen atoms in total. The van der Waals surface area contributed by atoms with Crippen molar-refractivity contribution in [2.45, 2.75) is 45.8 Å². The van der Waals surface area contributed by atoms with Gasteiger partial charge in [-0.05, 0) is 57.0 Å². The summed E-state index contributed by atoms with van der Waals surface area (Å²) in [5, 5.41) is 0. The molecule has 0 fully saturated rings. The number of benzene rings is 2. The molecule has 0 amide bonds. The van der Waals surface area contributed by atoms with Gasteiger partial charge in [0, 0.05) is 12.3 Å². The predicted octanol–water partition coefficient (Wildman–Crippen LogP) is 6.06.